The Morgan fingerprint density at radius 3 is 2.26 bits per heavy atom. The summed E-state index contributed by atoms with van der Waals surface area (Å²) >= 11 is 18.4. The van der Waals surface area contributed by atoms with Gasteiger partial charge in [-0.1, -0.05) is 53.0 Å². The van der Waals surface area contributed by atoms with E-state index >= 15 is 0 Å². The van der Waals surface area contributed by atoms with Gasteiger partial charge in [0.25, 0.3) is 11.8 Å². The van der Waals surface area contributed by atoms with Gasteiger partial charge in [-0.3, -0.25) is 9.59 Å². The highest BCUT2D eigenvalue weighted by molar-refractivity contribution is 6.37. The Kier molecular flexibility index (Phi) is 8.55. The Labute approximate surface area is 211 Å². The summed E-state index contributed by atoms with van der Waals surface area (Å²) in [6.07, 6.45) is 1.34. The van der Waals surface area contributed by atoms with Crippen molar-refractivity contribution >= 4 is 64.1 Å². The van der Waals surface area contributed by atoms with Crippen LogP contribution in [-0.2, 0) is 9.59 Å². The van der Waals surface area contributed by atoms with Gasteiger partial charge < -0.3 is 15.4 Å². The number of ether oxygens (including phenoxy) is 1. The predicted molar refractivity (Wildman–Crippen MR) is 135 cm³/mol. The zero-order chi connectivity index (χ0) is 24.7. The van der Waals surface area contributed by atoms with E-state index in [0.29, 0.717) is 22.0 Å². The lowest BCUT2D eigenvalue weighted by Crippen LogP contribution is -2.20. The highest BCUT2D eigenvalue weighted by atomic mass is 35.5. The van der Waals surface area contributed by atoms with Crippen molar-refractivity contribution in [1.82, 2.24) is 0 Å². The van der Waals surface area contributed by atoms with Crippen molar-refractivity contribution in [3.63, 3.8) is 0 Å². The van der Waals surface area contributed by atoms with Crippen LogP contribution in [0.15, 0.2) is 66.2 Å². The molecule has 0 bridgehead atoms. The van der Waals surface area contributed by atoms with Crippen LogP contribution in [0, 0.1) is 18.3 Å². The number of amides is 2. The SMILES string of the molecule is Cc1ccccc1NC(=O)COc1c(Cl)cc(/C=C(/C#N)C(=O)Nc2ccc(Cl)cc2)cc1Cl. The average Bonchev–Trinajstić information content (AvgIpc) is 2.80. The number of para-hydroxylation sites is 1. The monoisotopic (exact) mass is 513 g/mol. The van der Waals surface area contributed by atoms with Gasteiger partial charge in [0, 0.05) is 16.4 Å². The van der Waals surface area contributed by atoms with Crippen LogP contribution >= 0.6 is 34.8 Å². The van der Waals surface area contributed by atoms with E-state index in [0.717, 1.165) is 5.56 Å². The molecular weight excluding hydrogens is 497 g/mol. The highest BCUT2D eigenvalue weighted by Gasteiger charge is 2.14. The van der Waals surface area contributed by atoms with E-state index in [2.05, 4.69) is 10.6 Å². The van der Waals surface area contributed by atoms with Gasteiger partial charge in [-0.25, -0.2) is 0 Å². The smallest absolute Gasteiger partial charge is 0.266 e. The average molecular weight is 515 g/mol. The topological polar surface area (TPSA) is 91.2 Å². The number of rotatable bonds is 7. The number of benzene rings is 3. The third-order valence-electron chi connectivity index (χ3n) is 4.57. The van der Waals surface area contributed by atoms with Crippen molar-refractivity contribution in [2.45, 2.75) is 6.92 Å². The third kappa shape index (κ3) is 6.75. The summed E-state index contributed by atoms with van der Waals surface area (Å²) in [4.78, 5) is 24.7. The van der Waals surface area contributed by atoms with Crippen molar-refractivity contribution in [1.29, 1.82) is 5.26 Å². The third-order valence-corrected chi connectivity index (χ3v) is 5.38. The van der Waals surface area contributed by atoms with E-state index in [4.69, 9.17) is 39.5 Å². The molecule has 0 aliphatic rings. The normalized spacial score (nSPS) is 10.9. The van der Waals surface area contributed by atoms with Gasteiger partial charge in [0.05, 0.1) is 10.0 Å². The molecule has 0 fully saturated rings. The van der Waals surface area contributed by atoms with Gasteiger partial charge in [0.2, 0.25) is 0 Å². The van der Waals surface area contributed by atoms with Crippen LogP contribution in [0.4, 0.5) is 11.4 Å². The first kappa shape index (κ1) is 25.1. The maximum Gasteiger partial charge on any atom is 0.266 e. The van der Waals surface area contributed by atoms with E-state index in [1.165, 1.54) is 18.2 Å². The molecule has 0 saturated carbocycles. The molecule has 34 heavy (non-hydrogen) atoms. The van der Waals surface area contributed by atoms with Gasteiger partial charge >= 0.3 is 0 Å². The summed E-state index contributed by atoms with van der Waals surface area (Å²) in [5, 5.41) is 15.6. The summed E-state index contributed by atoms with van der Waals surface area (Å²) in [6, 6.07) is 18.6. The molecule has 172 valence electrons. The summed E-state index contributed by atoms with van der Waals surface area (Å²) in [6.45, 7) is 1.57. The van der Waals surface area contributed by atoms with Gasteiger partial charge in [-0.2, -0.15) is 5.26 Å². The fraction of sp³-hybridized carbons (Fsp3) is 0.0800. The Balaban J connectivity index is 1.69. The number of nitrogens with one attached hydrogen (secondary N) is 2. The Bertz CT molecular complexity index is 1280. The number of carbonyl (C=O) groups excluding carboxylic acids is 2. The molecule has 2 N–H and O–H groups in total. The molecule has 0 saturated heterocycles. The molecule has 0 radical (unpaired) electrons. The van der Waals surface area contributed by atoms with E-state index in [1.807, 2.05) is 31.2 Å². The standard InChI is InChI=1S/C25H18Cl3N3O3/c1-15-4-2-3-5-22(15)31-23(32)14-34-24-20(27)11-16(12-21(24)28)10-17(13-29)25(33)30-19-8-6-18(26)7-9-19/h2-12H,14H2,1H3,(H,30,33)(H,31,32)/b17-10-. The molecular formula is C25H18Cl3N3O3. The molecule has 0 aliphatic heterocycles. The zero-order valence-corrected chi connectivity index (χ0v) is 20.1. The maximum absolute atomic E-state index is 12.5. The minimum absolute atomic E-state index is 0.115. The first-order chi connectivity index (χ1) is 16.3. The van der Waals surface area contributed by atoms with Crippen molar-refractivity contribution in [3.8, 4) is 11.8 Å². The minimum Gasteiger partial charge on any atom is -0.481 e. The molecule has 3 aromatic rings. The van der Waals surface area contributed by atoms with Crippen LogP contribution in [0.3, 0.4) is 0 Å². The molecule has 3 rings (SSSR count). The van der Waals surface area contributed by atoms with Crippen LogP contribution in [0.1, 0.15) is 11.1 Å². The Morgan fingerprint density at radius 2 is 1.65 bits per heavy atom. The van der Waals surface area contributed by atoms with Crippen LogP contribution < -0.4 is 15.4 Å². The number of nitriles is 1. The van der Waals surface area contributed by atoms with Crippen LogP contribution in [0.2, 0.25) is 15.1 Å². The lowest BCUT2D eigenvalue weighted by atomic mass is 10.1. The Morgan fingerprint density at radius 1 is 1.00 bits per heavy atom. The molecule has 0 aromatic heterocycles. The fourth-order valence-corrected chi connectivity index (χ4v) is 3.62. The first-order valence-electron chi connectivity index (χ1n) is 9.93. The second-order valence-corrected chi connectivity index (χ2v) is 8.35. The van der Waals surface area contributed by atoms with Gasteiger partial charge in [-0.15, -0.1) is 0 Å². The number of halogens is 3. The van der Waals surface area contributed by atoms with E-state index < -0.39 is 5.91 Å². The number of nitrogens with zero attached hydrogens (tertiary/aromatic N) is 1. The lowest BCUT2D eigenvalue weighted by molar-refractivity contribution is -0.118. The molecule has 0 aliphatic carbocycles. The van der Waals surface area contributed by atoms with E-state index in [-0.39, 0.29) is 33.9 Å². The number of anilines is 2. The summed E-state index contributed by atoms with van der Waals surface area (Å²) < 4.78 is 5.51. The van der Waals surface area contributed by atoms with Crippen LogP contribution in [-0.4, -0.2) is 18.4 Å². The molecule has 0 spiro atoms. The molecule has 9 heteroatoms. The summed E-state index contributed by atoms with van der Waals surface area (Å²) in [5.74, 6) is -0.870. The van der Waals surface area contributed by atoms with Crippen molar-refractivity contribution in [2.24, 2.45) is 0 Å². The summed E-state index contributed by atoms with van der Waals surface area (Å²) in [7, 11) is 0. The van der Waals surface area contributed by atoms with Crippen molar-refractivity contribution in [3.05, 3.63) is 92.4 Å². The molecule has 0 atom stereocenters. The zero-order valence-electron chi connectivity index (χ0n) is 17.9. The predicted octanol–water partition coefficient (Wildman–Crippen LogP) is 6.52. The van der Waals surface area contributed by atoms with Crippen LogP contribution in [0.25, 0.3) is 6.08 Å². The Hall–Kier alpha value is -3.50. The molecule has 0 heterocycles. The summed E-state index contributed by atoms with van der Waals surface area (Å²) in [5.41, 5.74) is 2.33. The number of hydrogen-bond acceptors (Lipinski definition) is 4. The van der Waals surface area contributed by atoms with Gasteiger partial charge in [-0.05, 0) is 66.6 Å². The molecule has 6 nitrogen and oxygen atoms in total. The first-order valence-corrected chi connectivity index (χ1v) is 11.1. The largest absolute Gasteiger partial charge is 0.481 e. The molecule has 3 aromatic carbocycles. The molecule has 0 unspecified atom stereocenters. The fourth-order valence-electron chi connectivity index (χ4n) is 2.88. The quantitative estimate of drug-likeness (QED) is 0.277. The molecule has 2 amide bonds. The number of hydrogen-bond donors (Lipinski definition) is 2. The van der Waals surface area contributed by atoms with Crippen molar-refractivity contribution < 1.29 is 14.3 Å². The van der Waals surface area contributed by atoms with Crippen LogP contribution in [0.5, 0.6) is 5.75 Å². The van der Waals surface area contributed by atoms with Gasteiger partial charge in [0.1, 0.15) is 11.6 Å². The second kappa shape index (κ2) is 11.6. The second-order valence-electron chi connectivity index (χ2n) is 7.10. The van der Waals surface area contributed by atoms with Crippen molar-refractivity contribution in [2.75, 3.05) is 17.2 Å². The number of aryl methyl sites for hydroxylation is 1. The van der Waals surface area contributed by atoms with E-state index in [9.17, 15) is 14.9 Å². The number of carbonyl (C=O) groups is 2. The van der Waals surface area contributed by atoms with E-state index in [1.54, 1.807) is 30.3 Å². The lowest BCUT2D eigenvalue weighted by Gasteiger charge is -2.12. The minimum atomic E-state index is -0.606. The highest BCUT2D eigenvalue weighted by Crippen LogP contribution is 2.35. The van der Waals surface area contributed by atoms with Gasteiger partial charge in [0.15, 0.2) is 12.4 Å². The maximum atomic E-state index is 12.5.